The van der Waals surface area contributed by atoms with Gasteiger partial charge in [-0.3, -0.25) is 9.69 Å². The zero-order chi connectivity index (χ0) is 18.6. The van der Waals surface area contributed by atoms with Gasteiger partial charge in [-0.25, -0.2) is 0 Å². The van der Waals surface area contributed by atoms with Gasteiger partial charge in [0.2, 0.25) is 5.91 Å². The molecule has 6 heteroatoms. The number of aryl methyl sites for hydroxylation is 1. The first kappa shape index (κ1) is 19.6. The number of piperazine rings is 1. The molecule has 0 saturated carbocycles. The number of nitriles is 1. The summed E-state index contributed by atoms with van der Waals surface area (Å²) in [4.78, 5) is 16.7. The Morgan fingerprint density at radius 1 is 1.36 bits per heavy atom. The maximum Gasteiger partial charge on any atom is 0.235 e. The number of hydrogen-bond acceptors (Lipinski definition) is 4. The van der Waals surface area contributed by atoms with Gasteiger partial charge in [0.15, 0.2) is 0 Å². The van der Waals surface area contributed by atoms with E-state index in [4.69, 9.17) is 11.6 Å². The number of halogens is 1. The van der Waals surface area contributed by atoms with Crippen LogP contribution in [-0.4, -0.2) is 49.1 Å². The molecule has 1 aromatic rings. The number of hydrogen-bond donors (Lipinski definition) is 1. The molecule has 136 valence electrons. The summed E-state index contributed by atoms with van der Waals surface area (Å²) < 4.78 is 0. The van der Waals surface area contributed by atoms with Gasteiger partial charge in [-0.15, -0.1) is 0 Å². The van der Waals surface area contributed by atoms with Gasteiger partial charge in [-0.2, -0.15) is 5.26 Å². The van der Waals surface area contributed by atoms with E-state index >= 15 is 0 Å². The molecular weight excluding hydrogens is 336 g/mol. The van der Waals surface area contributed by atoms with Crippen molar-refractivity contribution in [1.29, 1.82) is 5.26 Å². The van der Waals surface area contributed by atoms with Gasteiger partial charge in [0, 0.05) is 36.9 Å². The van der Waals surface area contributed by atoms with Gasteiger partial charge < -0.3 is 10.2 Å². The molecule has 0 radical (unpaired) electrons. The SMILES string of the molecule is Cc1ccc(Cl)cc1N1CCN(CC(=O)N[C@](C)(C#N)C(C)C)CC1. The second kappa shape index (κ2) is 8.07. The van der Waals surface area contributed by atoms with E-state index in [9.17, 15) is 10.1 Å². The van der Waals surface area contributed by atoms with E-state index in [0.29, 0.717) is 6.54 Å². The summed E-state index contributed by atoms with van der Waals surface area (Å²) in [6.07, 6.45) is 0. The zero-order valence-corrected chi connectivity index (χ0v) is 16.2. The molecule has 1 aromatic carbocycles. The fourth-order valence-electron chi connectivity index (χ4n) is 2.90. The van der Waals surface area contributed by atoms with Crippen LogP contribution in [0, 0.1) is 24.2 Å². The van der Waals surface area contributed by atoms with Crippen LogP contribution in [0.25, 0.3) is 0 Å². The fourth-order valence-corrected chi connectivity index (χ4v) is 3.07. The van der Waals surface area contributed by atoms with Crippen LogP contribution in [0.1, 0.15) is 26.3 Å². The molecule has 0 spiro atoms. The molecule has 1 N–H and O–H groups in total. The molecule has 0 aromatic heterocycles. The Balaban J connectivity index is 1.89. The molecule has 2 rings (SSSR count). The minimum absolute atomic E-state index is 0.0594. The van der Waals surface area contributed by atoms with Crippen LogP contribution in [-0.2, 0) is 4.79 Å². The number of nitrogens with zero attached hydrogens (tertiary/aromatic N) is 3. The van der Waals surface area contributed by atoms with Crippen LogP contribution in [0.2, 0.25) is 5.02 Å². The van der Waals surface area contributed by atoms with E-state index in [1.807, 2.05) is 32.0 Å². The zero-order valence-electron chi connectivity index (χ0n) is 15.5. The molecule has 1 amide bonds. The average molecular weight is 363 g/mol. The van der Waals surface area contributed by atoms with Crippen molar-refractivity contribution in [2.75, 3.05) is 37.6 Å². The van der Waals surface area contributed by atoms with E-state index in [1.54, 1.807) is 6.92 Å². The van der Waals surface area contributed by atoms with Crippen molar-refractivity contribution in [3.05, 3.63) is 28.8 Å². The molecule has 1 aliphatic heterocycles. The van der Waals surface area contributed by atoms with Gasteiger partial charge >= 0.3 is 0 Å². The summed E-state index contributed by atoms with van der Waals surface area (Å²) in [5, 5.41) is 12.9. The molecule has 0 bridgehead atoms. The minimum atomic E-state index is -0.823. The van der Waals surface area contributed by atoms with Crippen LogP contribution in [0.4, 0.5) is 5.69 Å². The largest absolute Gasteiger partial charge is 0.369 e. The molecule has 0 aliphatic carbocycles. The third-order valence-electron chi connectivity index (χ3n) is 5.04. The highest BCUT2D eigenvalue weighted by atomic mass is 35.5. The Bertz CT molecular complexity index is 662. The summed E-state index contributed by atoms with van der Waals surface area (Å²) >= 11 is 6.12. The standard InChI is InChI=1S/C19H27ClN4O/c1-14(2)19(4,13-21)22-18(25)12-23-7-9-24(10-8-23)17-11-16(20)6-5-15(17)3/h5-6,11,14H,7-10,12H2,1-4H3,(H,22,25)/t19-/m1/s1. The molecule has 1 aliphatic rings. The summed E-state index contributed by atoms with van der Waals surface area (Å²) in [7, 11) is 0. The quantitative estimate of drug-likeness (QED) is 0.875. The second-order valence-corrected chi connectivity index (χ2v) is 7.65. The number of rotatable bonds is 5. The molecule has 25 heavy (non-hydrogen) atoms. The van der Waals surface area contributed by atoms with Gasteiger partial charge in [-0.1, -0.05) is 31.5 Å². The third-order valence-corrected chi connectivity index (χ3v) is 5.27. The molecule has 1 atom stereocenters. The number of carbonyl (C=O) groups excluding carboxylic acids is 1. The van der Waals surface area contributed by atoms with Crippen LogP contribution in [0.3, 0.4) is 0 Å². The smallest absolute Gasteiger partial charge is 0.235 e. The van der Waals surface area contributed by atoms with Crippen molar-refractivity contribution in [3.8, 4) is 6.07 Å². The van der Waals surface area contributed by atoms with Gasteiger partial charge in [0.25, 0.3) is 0 Å². The maximum absolute atomic E-state index is 12.3. The van der Waals surface area contributed by atoms with E-state index < -0.39 is 5.54 Å². The van der Waals surface area contributed by atoms with Crippen molar-refractivity contribution < 1.29 is 4.79 Å². The Hall–Kier alpha value is -1.77. The number of nitrogens with one attached hydrogen (secondary N) is 1. The molecule has 5 nitrogen and oxygen atoms in total. The number of amides is 1. The lowest BCUT2D eigenvalue weighted by molar-refractivity contribution is -0.124. The van der Waals surface area contributed by atoms with Crippen LogP contribution < -0.4 is 10.2 Å². The number of anilines is 1. The van der Waals surface area contributed by atoms with Crippen molar-refractivity contribution in [2.24, 2.45) is 5.92 Å². The highest BCUT2D eigenvalue weighted by Crippen LogP contribution is 2.25. The Morgan fingerprint density at radius 3 is 2.56 bits per heavy atom. The lowest BCUT2D eigenvalue weighted by Gasteiger charge is -2.37. The van der Waals surface area contributed by atoms with Crippen molar-refractivity contribution in [2.45, 2.75) is 33.2 Å². The predicted molar refractivity (Wildman–Crippen MR) is 102 cm³/mol. The molecule has 1 saturated heterocycles. The van der Waals surface area contributed by atoms with Gasteiger partial charge in [0.05, 0.1) is 12.6 Å². The highest BCUT2D eigenvalue weighted by molar-refractivity contribution is 6.30. The first-order chi connectivity index (χ1) is 11.7. The molecular formula is C19H27ClN4O. The third kappa shape index (κ3) is 4.87. The molecule has 1 heterocycles. The number of carbonyl (C=O) groups is 1. The average Bonchev–Trinajstić information content (AvgIpc) is 2.57. The lowest BCUT2D eigenvalue weighted by Crippen LogP contribution is -2.54. The van der Waals surface area contributed by atoms with Crippen molar-refractivity contribution in [1.82, 2.24) is 10.2 Å². The van der Waals surface area contributed by atoms with E-state index in [1.165, 1.54) is 5.56 Å². The van der Waals surface area contributed by atoms with Crippen molar-refractivity contribution in [3.63, 3.8) is 0 Å². The fraction of sp³-hybridized carbons (Fsp3) is 0.579. The summed E-state index contributed by atoms with van der Waals surface area (Å²) in [6.45, 7) is 11.4. The summed E-state index contributed by atoms with van der Waals surface area (Å²) in [6, 6.07) is 8.15. The predicted octanol–water partition coefficient (Wildman–Crippen LogP) is 2.82. The van der Waals surface area contributed by atoms with E-state index in [-0.39, 0.29) is 11.8 Å². The van der Waals surface area contributed by atoms with Crippen LogP contribution in [0.5, 0.6) is 0 Å². The second-order valence-electron chi connectivity index (χ2n) is 7.21. The van der Waals surface area contributed by atoms with Crippen LogP contribution in [0.15, 0.2) is 18.2 Å². The van der Waals surface area contributed by atoms with E-state index in [0.717, 1.165) is 36.9 Å². The Labute approximate surface area is 155 Å². The Kier molecular flexibility index (Phi) is 6.31. The summed E-state index contributed by atoms with van der Waals surface area (Å²) in [5.74, 6) is -0.0331. The lowest BCUT2D eigenvalue weighted by atomic mass is 9.90. The monoisotopic (exact) mass is 362 g/mol. The summed E-state index contributed by atoms with van der Waals surface area (Å²) in [5.41, 5.74) is 1.54. The first-order valence-electron chi connectivity index (χ1n) is 8.71. The number of benzene rings is 1. The molecule has 0 unspecified atom stereocenters. The normalized spacial score (nSPS) is 17.9. The molecule has 1 fully saturated rings. The van der Waals surface area contributed by atoms with Gasteiger partial charge in [-0.05, 0) is 37.5 Å². The first-order valence-corrected chi connectivity index (χ1v) is 9.08. The minimum Gasteiger partial charge on any atom is -0.369 e. The topological polar surface area (TPSA) is 59.4 Å². The van der Waals surface area contributed by atoms with Crippen LogP contribution >= 0.6 is 11.6 Å². The van der Waals surface area contributed by atoms with E-state index in [2.05, 4.69) is 28.1 Å². The highest BCUT2D eigenvalue weighted by Gasteiger charge is 2.30. The Morgan fingerprint density at radius 2 is 2.00 bits per heavy atom. The maximum atomic E-state index is 12.3. The van der Waals surface area contributed by atoms with Gasteiger partial charge in [0.1, 0.15) is 5.54 Å². The van der Waals surface area contributed by atoms with Crippen molar-refractivity contribution >= 4 is 23.2 Å².